The van der Waals surface area contributed by atoms with Gasteiger partial charge in [0.15, 0.2) is 0 Å². The van der Waals surface area contributed by atoms with E-state index < -0.39 is 5.82 Å². The van der Waals surface area contributed by atoms with Gasteiger partial charge in [-0.25, -0.2) is 4.39 Å². The molecule has 4 heteroatoms. The van der Waals surface area contributed by atoms with Crippen LogP contribution >= 0.6 is 0 Å². The molecule has 0 radical (unpaired) electrons. The van der Waals surface area contributed by atoms with E-state index in [-0.39, 0.29) is 11.5 Å². The van der Waals surface area contributed by atoms with E-state index >= 15 is 0 Å². The molecule has 0 atom stereocenters. The minimum Gasteiger partial charge on any atom is -0.342 e. The van der Waals surface area contributed by atoms with Crippen LogP contribution in [-0.2, 0) is 0 Å². The second-order valence-electron chi connectivity index (χ2n) is 4.87. The van der Waals surface area contributed by atoms with Gasteiger partial charge in [-0.05, 0) is 46.1 Å². The lowest BCUT2D eigenvalue weighted by atomic mass is 10.1. The molecule has 0 spiro atoms. The quantitative estimate of drug-likeness (QED) is 0.801. The second-order valence-corrected chi connectivity index (χ2v) is 4.87. The Morgan fingerprint density at radius 1 is 1.22 bits per heavy atom. The molecule has 0 aliphatic carbocycles. The molecule has 0 N–H and O–H groups in total. The van der Waals surface area contributed by atoms with Gasteiger partial charge in [-0.1, -0.05) is 11.6 Å². The molecular weight excluding hydrogens is 231 g/mol. The minimum absolute atomic E-state index is 0.155. The predicted molar refractivity (Wildman–Crippen MR) is 71.3 cm³/mol. The van der Waals surface area contributed by atoms with Gasteiger partial charge in [-0.15, -0.1) is 0 Å². The molecule has 0 fully saturated rings. The number of amides is 1. The van der Waals surface area contributed by atoms with E-state index in [0.717, 1.165) is 18.5 Å². The molecule has 1 amide bonds. The molecular formula is C14H21FN2O. The molecule has 0 aromatic heterocycles. The van der Waals surface area contributed by atoms with Gasteiger partial charge in [0.1, 0.15) is 5.82 Å². The van der Waals surface area contributed by atoms with Crippen LogP contribution in [0.4, 0.5) is 4.39 Å². The Kier molecular flexibility index (Phi) is 5.28. The van der Waals surface area contributed by atoms with Crippen molar-refractivity contribution in [2.75, 3.05) is 34.2 Å². The molecule has 0 heterocycles. The molecule has 0 saturated heterocycles. The van der Waals surface area contributed by atoms with Crippen molar-refractivity contribution >= 4 is 5.91 Å². The van der Waals surface area contributed by atoms with Gasteiger partial charge in [-0.3, -0.25) is 4.79 Å². The highest BCUT2D eigenvalue weighted by Gasteiger charge is 2.15. The second kappa shape index (κ2) is 6.50. The van der Waals surface area contributed by atoms with Gasteiger partial charge in [0.2, 0.25) is 0 Å². The largest absolute Gasteiger partial charge is 0.342 e. The van der Waals surface area contributed by atoms with Crippen LogP contribution in [-0.4, -0.2) is 49.9 Å². The first-order valence-electron chi connectivity index (χ1n) is 6.08. The molecule has 0 saturated carbocycles. The summed E-state index contributed by atoms with van der Waals surface area (Å²) in [7, 11) is 5.68. The van der Waals surface area contributed by atoms with Crippen molar-refractivity contribution in [3.8, 4) is 0 Å². The molecule has 18 heavy (non-hydrogen) atoms. The van der Waals surface area contributed by atoms with E-state index in [1.54, 1.807) is 24.1 Å². The van der Waals surface area contributed by atoms with Crippen LogP contribution in [0.5, 0.6) is 0 Å². The molecule has 0 unspecified atom stereocenters. The van der Waals surface area contributed by atoms with E-state index in [0.29, 0.717) is 6.54 Å². The summed E-state index contributed by atoms with van der Waals surface area (Å²) in [6, 6.07) is 4.61. The molecule has 100 valence electrons. The SMILES string of the molecule is Cc1ccc(F)c(C(=O)N(C)CCCN(C)C)c1. The van der Waals surface area contributed by atoms with E-state index in [2.05, 4.69) is 4.90 Å². The minimum atomic E-state index is -0.454. The molecule has 3 nitrogen and oxygen atoms in total. The maximum absolute atomic E-state index is 13.6. The zero-order chi connectivity index (χ0) is 13.7. The maximum atomic E-state index is 13.6. The summed E-state index contributed by atoms with van der Waals surface area (Å²) >= 11 is 0. The standard InChI is InChI=1S/C14H21FN2O/c1-11-6-7-13(15)12(10-11)14(18)17(4)9-5-8-16(2)3/h6-7,10H,5,8-9H2,1-4H3. The van der Waals surface area contributed by atoms with Crippen molar-refractivity contribution in [3.63, 3.8) is 0 Å². The highest BCUT2D eigenvalue weighted by molar-refractivity contribution is 5.94. The zero-order valence-corrected chi connectivity index (χ0v) is 11.5. The Morgan fingerprint density at radius 3 is 2.50 bits per heavy atom. The Morgan fingerprint density at radius 2 is 1.89 bits per heavy atom. The highest BCUT2D eigenvalue weighted by Crippen LogP contribution is 2.12. The summed E-state index contributed by atoms with van der Waals surface area (Å²) < 4.78 is 13.6. The average molecular weight is 252 g/mol. The van der Waals surface area contributed by atoms with Gasteiger partial charge in [-0.2, -0.15) is 0 Å². The number of rotatable bonds is 5. The van der Waals surface area contributed by atoms with E-state index in [1.807, 2.05) is 21.0 Å². The predicted octanol–water partition coefficient (Wildman–Crippen LogP) is 2.16. The molecule has 0 bridgehead atoms. The lowest BCUT2D eigenvalue weighted by Gasteiger charge is -2.19. The number of nitrogens with zero attached hydrogens (tertiary/aromatic N) is 2. The normalized spacial score (nSPS) is 10.8. The van der Waals surface area contributed by atoms with E-state index in [9.17, 15) is 9.18 Å². The molecule has 0 aliphatic heterocycles. The van der Waals surface area contributed by atoms with Crippen molar-refractivity contribution in [2.45, 2.75) is 13.3 Å². The van der Waals surface area contributed by atoms with Gasteiger partial charge in [0.05, 0.1) is 5.56 Å². The third-order valence-corrected chi connectivity index (χ3v) is 2.80. The number of halogens is 1. The average Bonchev–Trinajstić information content (AvgIpc) is 2.30. The summed E-state index contributed by atoms with van der Waals surface area (Å²) in [5.41, 5.74) is 1.05. The first kappa shape index (κ1) is 14.6. The number of carbonyl (C=O) groups is 1. The number of carbonyl (C=O) groups excluding carboxylic acids is 1. The van der Waals surface area contributed by atoms with Crippen molar-refractivity contribution < 1.29 is 9.18 Å². The van der Waals surface area contributed by atoms with E-state index in [1.165, 1.54) is 6.07 Å². The maximum Gasteiger partial charge on any atom is 0.256 e. The molecule has 1 rings (SSSR count). The summed E-state index contributed by atoms with van der Waals surface area (Å²) in [4.78, 5) is 15.7. The number of benzene rings is 1. The fraction of sp³-hybridized carbons (Fsp3) is 0.500. The van der Waals surface area contributed by atoms with Crippen LogP contribution in [0.15, 0.2) is 18.2 Å². The number of hydrogen-bond acceptors (Lipinski definition) is 2. The van der Waals surface area contributed by atoms with Crippen LogP contribution < -0.4 is 0 Å². The van der Waals surface area contributed by atoms with Gasteiger partial charge in [0.25, 0.3) is 5.91 Å². The van der Waals surface area contributed by atoms with Gasteiger partial charge in [0, 0.05) is 13.6 Å². The molecule has 1 aromatic rings. The van der Waals surface area contributed by atoms with Crippen molar-refractivity contribution in [1.82, 2.24) is 9.80 Å². The van der Waals surface area contributed by atoms with Crippen LogP contribution in [0.2, 0.25) is 0 Å². The smallest absolute Gasteiger partial charge is 0.256 e. The zero-order valence-electron chi connectivity index (χ0n) is 11.5. The van der Waals surface area contributed by atoms with Crippen molar-refractivity contribution in [1.29, 1.82) is 0 Å². The topological polar surface area (TPSA) is 23.6 Å². The van der Waals surface area contributed by atoms with Crippen molar-refractivity contribution in [2.24, 2.45) is 0 Å². The molecule has 0 aliphatic rings. The Labute approximate surface area is 108 Å². The summed E-state index contributed by atoms with van der Waals surface area (Å²) in [6.07, 6.45) is 0.878. The lowest BCUT2D eigenvalue weighted by molar-refractivity contribution is 0.0786. The summed E-state index contributed by atoms with van der Waals surface area (Å²) in [6.45, 7) is 3.39. The monoisotopic (exact) mass is 252 g/mol. The Balaban J connectivity index is 2.65. The molecule has 1 aromatic carbocycles. The van der Waals surface area contributed by atoms with Crippen LogP contribution in [0.25, 0.3) is 0 Å². The van der Waals surface area contributed by atoms with E-state index in [4.69, 9.17) is 0 Å². The number of hydrogen-bond donors (Lipinski definition) is 0. The summed E-state index contributed by atoms with van der Waals surface area (Å²) in [5, 5.41) is 0. The fourth-order valence-electron chi connectivity index (χ4n) is 1.73. The van der Waals surface area contributed by atoms with Crippen LogP contribution in [0.3, 0.4) is 0 Å². The Bertz CT molecular complexity index is 418. The summed E-state index contributed by atoms with van der Waals surface area (Å²) in [5.74, 6) is -0.708. The third kappa shape index (κ3) is 4.11. The first-order valence-corrected chi connectivity index (χ1v) is 6.08. The van der Waals surface area contributed by atoms with Crippen LogP contribution in [0.1, 0.15) is 22.3 Å². The third-order valence-electron chi connectivity index (χ3n) is 2.80. The lowest BCUT2D eigenvalue weighted by Crippen LogP contribution is -2.30. The van der Waals surface area contributed by atoms with Crippen LogP contribution in [0, 0.1) is 12.7 Å². The Hall–Kier alpha value is -1.42. The number of aryl methyl sites for hydroxylation is 1. The van der Waals surface area contributed by atoms with Gasteiger partial charge >= 0.3 is 0 Å². The van der Waals surface area contributed by atoms with Gasteiger partial charge < -0.3 is 9.80 Å². The first-order chi connectivity index (χ1) is 8.41. The van der Waals surface area contributed by atoms with Crippen molar-refractivity contribution in [3.05, 3.63) is 35.1 Å². The highest BCUT2D eigenvalue weighted by atomic mass is 19.1. The fourth-order valence-corrected chi connectivity index (χ4v) is 1.73.